The molecule has 4 nitrogen and oxygen atoms in total. The monoisotopic (exact) mass is 285 g/mol. The maximum absolute atomic E-state index is 6.17. The first kappa shape index (κ1) is 16.2. The maximum atomic E-state index is 6.17. The number of ether oxygens (including phenoxy) is 1. The number of anilines is 1. The zero-order valence-corrected chi connectivity index (χ0v) is 13.0. The summed E-state index contributed by atoms with van der Waals surface area (Å²) in [6, 6.07) is 4.28. The van der Waals surface area contributed by atoms with Crippen molar-refractivity contribution in [2.24, 2.45) is 0 Å². The number of aromatic nitrogens is 1. The van der Waals surface area contributed by atoms with Crippen LogP contribution in [0, 0.1) is 0 Å². The van der Waals surface area contributed by atoms with Crippen molar-refractivity contribution in [3.63, 3.8) is 0 Å². The van der Waals surface area contributed by atoms with Crippen LogP contribution >= 0.6 is 11.6 Å². The van der Waals surface area contributed by atoms with Crippen LogP contribution in [0.25, 0.3) is 0 Å². The Morgan fingerprint density at radius 2 is 2.16 bits per heavy atom. The third-order valence-corrected chi connectivity index (χ3v) is 3.16. The molecule has 0 radical (unpaired) electrons. The largest absolute Gasteiger partial charge is 0.385 e. The Hall–Kier alpha value is -0.840. The van der Waals surface area contributed by atoms with Gasteiger partial charge in [-0.1, -0.05) is 25.4 Å². The van der Waals surface area contributed by atoms with Crippen LogP contribution in [0.15, 0.2) is 12.1 Å². The van der Waals surface area contributed by atoms with E-state index in [4.69, 9.17) is 16.3 Å². The molecule has 1 aromatic heterocycles. The summed E-state index contributed by atoms with van der Waals surface area (Å²) >= 11 is 6.17. The SMILES string of the molecule is COCCCN(C)c1ccc(Cl)c(CNC(C)C)n1. The zero-order chi connectivity index (χ0) is 14.3. The molecule has 0 bridgehead atoms. The highest BCUT2D eigenvalue weighted by Gasteiger charge is 2.08. The van der Waals surface area contributed by atoms with Gasteiger partial charge in [0.05, 0.1) is 10.7 Å². The van der Waals surface area contributed by atoms with Crippen LogP contribution in [0.4, 0.5) is 5.82 Å². The molecule has 0 saturated carbocycles. The molecule has 0 saturated heterocycles. The van der Waals surface area contributed by atoms with Gasteiger partial charge in [-0.15, -0.1) is 0 Å². The van der Waals surface area contributed by atoms with E-state index in [1.54, 1.807) is 7.11 Å². The number of nitrogens with zero attached hydrogens (tertiary/aromatic N) is 2. The van der Waals surface area contributed by atoms with Crippen molar-refractivity contribution in [2.75, 3.05) is 32.2 Å². The summed E-state index contributed by atoms with van der Waals surface area (Å²) in [7, 11) is 3.75. The minimum Gasteiger partial charge on any atom is -0.385 e. The first-order valence-corrected chi connectivity index (χ1v) is 7.01. The molecule has 0 spiro atoms. The Balaban J connectivity index is 2.66. The Bertz CT molecular complexity index is 385. The molecule has 0 aromatic carbocycles. The van der Waals surface area contributed by atoms with Crippen molar-refractivity contribution in [2.45, 2.75) is 32.9 Å². The average Bonchev–Trinajstić information content (AvgIpc) is 2.37. The molecule has 0 atom stereocenters. The molecule has 0 aliphatic rings. The van der Waals surface area contributed by atoms with Crippen LogP contribution in [0.3, 0.4) is 0 Å². The minimum absolute atomic E-state index is 0.418. The van der Waals surface area contributed by atoms with E-state index in [9.17, 15) is 0 Å². The fraction of sp³-hybridized carbons (Fsp3) is 0.643. The summed E-state index contributed by atoms with van der Waals surface area (Å²) in [5.74, 6) is 0.945. The van der Waals surface area contributed by atoms with E-state index in [1.165, 1.54) is 0 Å². The molecule has 108 valence electrons. The molecule has 1 aromatic rings. The highest BCUT2D eigenvalue weighted by Crippen LogP contribution is 2.18. The van der Waals surface area contributed by atoms with Crippen LogP contribution in [0.2, 0.25) is 5.02 Å². The predicted molar refractivity (Wildman–Crippen MR) is 81.0 cm³/mol. The molecule has 0 aliphatic carbocycles. The van der Waals surface area contributed by atoms with E-state index in [-0.39, 0.29) is 0 Å². The van der Waals surface area contributed by atoms with Gasteiger partial charge in [-0.25, -0.2) is 4.98 Å². The fourth-order valence-corrected chi connectivity index (χ4v) is 1.84. The Morgan fingerprint density at radius 1 is 1.42 bits per heavy atom. The lowest BCUT2D eigenvalue weighted by Crippen LogP contribution is -2.24. The number of pyridine rings is 1. The molecular weight excluding hydrogens is 262 g/mol. The maximum Gasteiger partial charge on any atom is 0.128 e. The van der Waals surface area contributed by atoms with Crippen molar-refractivity contribution in [3.05, 3.63) is 22.8 Å². The smallest absolute Gasteiger partial charge is 0.128 e. The lowest BCUT2D eigenvalue weighted by Gasteiger charge is -2.19. The number of nitrogens with one attached hydrogen (secondary N) is 1. The topological polar surface area (TPSA) is 37.4 Å². The fourth-order valence-electron chi connectivity index (χ4n) is 1.67. The van der Waals surface area contributed by atoms with Gasteiger partial charge in [0.1, 0.15) is 5.82 Å². The molecule has 19 heavy (non-hydrogen) atoms. The summed E-state index contributed by atoms with van der Waals surface area (Å²) in [6.07, 6.45) is 0.983. The third-order valence-electron chi connectivity index (χ3n) is 2.81. The Kier molecular flexibility index (Phi) is 7.13. The van der Waals surface area contributed by atoms with Crippen LogP contribution in [-0.2, 0) is 11.3 Å². The number of hydrogen-bond acceptors (Lipinski definition) is 4. The van der Waals surface area contributed by atoms with Gasteiger partial charge in [0.15, 0.2) is 0 Å². The van der Waals surface area contributed by atoms with Gasteiger partial charge < -0.3 is 15.0 Å². The second-order valence-corrected chi connectivity index (χ2v) is 5.31. The van der Waals surface area contributed by atoms with Crippen molar-refractivity contribution in [1.29, 1.82) is 0 Å². The molecular formula is C14H24ClN3O. The normalized spacial score (nSPS) is 11.1. The molecule has 1 N–H and O–H groups in total. The van der Waals surface area contributed by atoms with Crippen molar-refractivity contribution < 1.29 is 4.74 Å². The lowest BCUT2D eigenvalue weighted by molar-refractivity contribution is 0.196. The third kappa shape index (κ3) is 5.76. The standard InChI is InChI=1S/C14H24ClN3O/c1-11(2)16-10-13-12(15)6-7-14(17-13)18(3)8-5-9-19-4/h6-7,11,16H,5,8-10H2,1-4H3. The second kappa shape index (κ2) is 8.35. The number of halogens is 1. The zero-order valence-electron chi connectivity index (χ0n) is 12.2. The van der Waals surface area contributed by atoms with Crippen molar-refractivity contribution in [3.8, 4) is 0 Å². The Morgan fingerprint density at radius 3 is 2.79 bits per heavy atom. The van der Waals surface area contributed by atoms with Gasteiger partial charge >= 0.3 is 0 Å². The van der Waals surface area contributed by atoms with Crippen LogP contribution in [-0.4, -0.2) is 38.3 Å². The quantitative estimate of drug-likeness (QED) is 0.745. The molecule has 5 heteroatoms. The minimum atomic E-state index is 0.418. The molecule has 0 unspecified atom stereocenters. The van der Waals surface area contributed by atoms with Gasteiger partial charge in [0.2, 0.25) is 0 Å². The van der Waals surface area contributed by atoms with E-state index in [0.717, 1.165) is 31.1 Å². The van der Waals surface area contributed by atoms with Crippen LogP contribution < -0.4 is 10.2 Å². The first-order valence-electron chi connectivity index (χ1n) is 6.63. The van der Waals surface area contributed by atoms with Gasteiger partial charge in [0.25, 0.3) is 0 Å². The van der Waals surface area contributed by atoms with Crippen LogP contribution in [0.1, 0.15) is 26.0 Å². The number of rotatable bonds is 8. The van der Waals surface area contributed by atoms with E-state index in [0.29, 0.717) is 17.6 Å². The molecule has 0 fully saturated rings. The van der Waals surface area contributed by atoms with Gasteiger partial charge in [-0.2, -0.15) is 0 Å². The highest BCUT2D eigenvalue weighted by molar-refractivity contribution is 6.31. The predicted octanol–water partition coefficient (Wildman–Crippen LogP) is 2.71. The van der Waals surface area contributed by atoms with E-state index in [1.807, 2.05) is 19.2 Å². The van der Waals surface area contributed by atoms with Crippen molar-refractivity contribution in [1.82, 2.24) is 10.3 Å². The van der Waals surface area contributed by atoms with Gasteiger partial charge in [-0.05, 0) is 18.6 Å². The summed E-state index contributed by atoms with van der Waals surface area (Å²) < 4.78 is 5.06. The first-order chi connectivity index (χ1) is 9.04. The molecule has 1 rings (SSSR count). The summed E-state index contributed by atoms with van der Waals surface area (Å²) in [5, 5.41) is 4.05. The van der Waals surface area contributed by atoms with E-state index < -0.39 is 0 Å². The van der Waals surface area contributed by atoms with Gasteiger partial charge in [-0.3, -0.25) is 0 Å². The molecule has 0 aliphatic heterocycles. The van der Waals surface area contributed by atoms with Crippen LogP contribution in [0.5, 0.6) is 0 Å². The Labute approximate surface area is 121 Å². The van der Waals surface area contributed by atoms with E-state index >= 15 is 0 Å². The van der Waals surface area contributed by atoms with Gasteiger partial charge in [0, 0.05) is 39.9 Å². The number of hydrogen-bond donors (Lipinski definition) is 1. The molecule has 1 heterocycles. The highest BCUT2D eigenvalue weighted by atomic mass is 35.5. The average molecular weight is 286 g/mol. The molecule has 0 amide bonds. The second-order valence-electron chi connectivity index (χ2n) is 4.90. The van der Waals surface area contributed by atoms with Crippen molar-refractivity contribution >= 4 is 17.4 Å². The summed E-state index contributed by atoms with van der Waals surface area (Å²) in [6.45, 7) is 6.58. The lowest BCUT2D eigenvalue weighted by atomic mass is 10.3. The summed E-state index contributed by atoms with van der Waals surface area (Å²) in [5.41, 5.74) is 0.895. The number of methoxy groups -OCH3 is 1. The summed E-state index contributed by atoms with van der Waals surface area (Å²) in [4.78, 5) is 6.73. The van der Waals surface area contributed by atoms with E-state index in [2.05, 4.69) is 29.0 Å².